The molecule has 1 unspecified atom stereocenters. The summed E-state index contributed by atoms with van der Waals surface area (Å²) in [7, 11) is 0. The first kappa shape index (κ1) is 50.7. The number of rotatable bonds is 10. The minimum atomic E-state index is -0.282. The molecule has 16 heteroatoms. The van der Waals surface area contributed by atoms with E-state index in [1.165, 1.54) is 0 Å². The van der Waals surface area contributed by atoms with E-state index in [4.69, 9.17) is 34.2 Å². The first-order chi connectivity index (χ1) is 33.0. The zero-order chi connectivity index (χ0) is 48.3. The Bertz CT molecular complexity index is 2580. The number of halogens is 2. The van der Waals surface area contributed by atoms with Crippen LogP contribution in [-0.2, 0) is 22.3 Å². The van der Waals surface area contributed by atoms with Crippen molar-refractivity contribution < 1.29 is 27.3 Å². The van der Waals surface area contributed by atoms with Gasteiger partial charge in [-0.3, -0.25) is 0 Å². The van der Waals surface area contributed by atoms with Crippen LogP contribution in [0.15, 0.2) is 33.3 Å². The average molecular weight is 939 g/mol. The van der Waals surface area contributed by atoms with Gasteiger partial charge in [-0.2, -0.15) is 9.97 Å². The summed E-state index contributed by atoms with van der Waals surface area (Å²) < 4.78 is 51.4. The highest BCUT2D eigenvalue weighted by Gasteiger charge is 2.31. The van der Waals surface area contributed by atoms with Gasteiger partial charge in [0.2, 0.25) is 0 Å². The summed E-state index contributed by atoms with van der Waals surface area (Å²) in [5, 5.41) is 13.3. The number of fused-ring (bicyclic) bond motifs is 2. The van der Waals surface area contributed by atoms with E-state index in [0.717, 1.165) is 185 Å². The first-order valence-corrected chi connectivity index (χ1v) is 25.0. The summed E-state index contributed by atoms with van der Waals surface area (Å²) in [5.74, 6) is 4.37. The van der Waals surface area contributed by atoms with Crippen molar-refractivity contribution in [2.75, 3.05) is 75.5 Å². The van der Waals surface area contributed by atoms with Crippen molar-refractivity contribution in [3.05, 3.63) is 69.8 Å². The van der Waals surface area contributed by atoms with Crippen LogP contribution in [0.25, 0.3) is 44.7 Å². The molecule has 0 radical (unpaired) electrons. The van der Waals surface area contributed by atoms with Gasteiger partial charge in [-0.25, -0.2) is 18.7 Å². The highest BCUT2D eigenvalue weighted by atomic mass is 19.1. The molecule has 2 aromatic carbocycles. The van der Waals surface area contributed by atoms with Gasteiger partial charge in [-0.05, 0) is 157 Å². The smallest absolute Gasteiger partial charge is 0.261 e. The normalized spacial score (nSPS) is 17.8. The van der Waals surface area contributed by atoms with Crippen LogP contribution in [0.1, 0.15) is 107 Å². The second-order valence-electron chi connectivity index (χ2n) is 18.2. The van der Waals surface area contributed by atoms with Gasteiger partial charge in [0.1, 0.15) is 34.3 Å². The van der Waals surface area contributed by atoms with Crippen LogP contribution >= 0.6 is 0 Å². The minimum absolute atomic E-state index is 0.272. The van der Waals surface area contributed by atoms with Crippen molar-refractivity contribution >= 4 is 33.4 Å². The number of aryl methyl sites for hydroxylation is 6. The molecule has 8 heterocycles. The van der Waals surface area contributed by atoms with Gasteiger partial charge < -0.3 is 39.4 Å². The molecule has 4 aliphatic heterocycles. The summed E-state index contributed by atoms with van der Waals surface area (Å²) in [5.41, 5.74) is 11.7. The van der Waals surface area contributed by atoms with Gasteiger partial charge in [-0.1, -0.05) is 38.0 Å². The minimum Gasteiger partial charge on any atom is -0.381 e. The number of nitrogens with zero attached hydrogens (tertiary/aromatic N) is 8. The van der Waals surface area contributed by atoms with E-state index in [0.29, 0.717) is 46.4 Å². The molecule has 6 aromatic rings. The van der Waals surface area contributed by atoms with Gasteiger partial charge >= 0.3 is 0 Å². The van der Waals surface area contributed by atoms with Crippen LogP contribution in [0.5, 0.6) is 0 Å². The van der Waals surface area contributed by atoms with E-state index in [9.17, 15) is 4.39 Å². The molecule has 0 saturated carbocycles. The first-order valence-electron chi connectivity index (χ1n) is 25.0. The molecule has 0 bridgehead atoms. The average Bonchev–Trinajstić information content (AvgIpc) is 4.23. The van der Waals surface area contributed by atoms with Crippen molar-refractivity contribution in [1.29, 1.82) is 0 Å². The van der Waals surface area contributed by atoms with E-state index in [1.54, 1.807) is 26.0 Å². The molecule has 4 saturated heterocycles. The molecule has 3 N–H and O–H groups in total. The van der Waals surface area contributed by atoms with E-state index in [1.807, 2.05) is 53.7 Å². The fraction of sp³-hybridized carbons (Fsp3) is 0.577. The Hall–Kier alpha value is -5.16. The van der Waals surface area contributed by atoms with Crippen LogP contribution in [0.4, 0.5) is 20.4 Å². The number of ether oxygens (including phenoxy) is 2. The predicted octanol–water partition coefficient (Wildman–Crippen LogP) is 9.80. The highest BCUT2D eigenvalue weighted by molar-refractivity contribution is 5.94. The molecule has 0 amide bonds. The molecule has 1 atom stereocenters. The third kappa shape index (κ3) is 11.8. The maximum absolute atomic E-state index is 15.1. The second-order valence-corrected chi connectivity index (χ2v) is 18.2. The fourth-order valence-corrected chi connectivity index (χ4v) is 9.53. The standard InChI is InChI=1S/C25H32FN5O2.C19H21FN4O.C6H13NO.C2H6/c1-4-17-11-20-15(2)22(25-28-16(3)30-33-25)24(29-23(20)21(26)12-17)31-8-5-19(14-31)27-13-18-6-9-32-10-7-18;1-4-13-9-14-11(2)16(19-21-12(3)23-25-19)18(24-7-5-6-8-24)22-17(14)15(20)10-13;7-5-6-1-3-8-4-2-6;1-2/h11-12,18-19,27H,4-10,13-14H2,1-3H3;9-10H,4-8H2,1-3H3;6H,1-5,7H2;1-2H3. The molecule has 4 aromatic heterocycles. The van der Waals surface area contributed by atoms with Gasteiger partial charge in [0.15, 0.2) is 11.6 Å². The van der Waals surface area contributed by atoms with Gasteiger partial charge in [0.25, 0.3) is 11.8 Å². The number of anilines is 2. The van der Waals surface area contributed by atoms with E-state index in [-0.39, 0.29) is 11.6 Å². The molecule has 4 aliphatic rings. The Morgan fingerprint density at radius 1 is 0.632 bits per heavy atom. The number of aromatic nitrogens is 6. The lowest BCUT2D eigenvalue weighted by molar-refractivity contribution is 0.0656. The fourth-order valence-electron chi connectivity index (χ4n) is 9.53. The quantitative estimate of drug-likeness (QED) is 0.133. The Morgan fingerprint density at radius 3 is 1.53 bits per heavy atom. The second kappa shape index (κ2) is 23.9. The lowest BCUT2D eigenvalue weighted by atomic mass is 10.00. The van der Waals surface area contributed by atoms with Crippen molar-refractivity contribution in [1.82, 2.24) is 35.6 Å². The molecule has 10 rings (SSSR count). The number of nitrogens with two attached hydrogens (primary N) is 1. The zero-order valence-corrected chi connectivity index (χ0v) is 41.5. The predicted molar refractivity (Wildman–Crippen MR) is 265 cm³/mol. The van der Waals surface area contributed by atoms with Crippen molar-refractivity contribution in [2.45, 2.75) is 119 Å². The van der Waals surface area contributed by atoms with E-state index < -0.39 is 0 Å². The maximum atomic E-state index is 15.1. The Balaban J connectivity index is 0.000000172. The number of hydrogen-bond donors (Lipinski definition) is 2. The van der Waals surface area contributed by atoms with E-state index >= 15 is 4.39 Å². The summed E-state index contributed by atoms with van der Waals surface area (Å²) in [6.07, 6.45) is 9.33. The number of benzene rings is 2. The summed E-state index contributed by atoms with van der Waals surface area (Å²) in [4.78, 5) is 22.9. The van der Waals surface area contributed by atoms with Crippen LogP contribution in [0.2, 0.25) is 0 Å². The maximum Gasteiger partial charge on any atom is 0.261 e. The van der Waals surface area contributed by atoms with Crippen molar-refractivity contribution in [3.8, 4) is 22.9 Å². The summed E-state index contributed by atoms with van der Waals surface area (Å²) in [6, 6.07) is 7.59. The molecule has 4 fully saturated rings. The Labute approximate surface area is 400 Å². The molecular weight excluding hydrogens is 867 g/mol. The van der Waals surface area contributed by atoms with E-state index in [2.05, 4.69) is 35.4 Å². The third-order valence-electron chi connectivity index (χ3n) is 13.6. The zero-order valence-electron chi connectivity index (χ0n) is 41.5. The number of pyridine rings is 2. The lowest BCUT2D eigenvalue weighted by Crippen LogP contribution is -2.37. The Kier molecular flexibility index (Phi) is 17.8. The van der Waals surface area contributed by atoms with Gasteiger partial charge in [0.05, 0.1) is 11.1 Å². The lowest BCUT2D eigenvalue weighted by Gasteiger charge is -2.25. The van der Waals surface area contributed by atoms with Gasteiger partial charge in [0, 0.05) is 69.4 Å². The molecule has 0 spiro atoms. The molecule has 14 nitrogen and oxygen atoms in total. The SMILES string of the molecule is CC.CCc1cc(F)c2nc(N3CCC(NCC4CCOCC4)C3)c(-c3nc(C)no3)c(C)c2c1.CCc1cc(F)c2nc(N3CCCC3)c(-c3nc(C)no3)c(C)c2c1.NCC1CCOCC1. The third-order valence-corrected chi connectivity index (χ3v) is 13.6. The molecule has 0 aliphatic carbocycles. The van der Waals surface area contributed by atoms with Gasteiger partial charge in [-0.15, -0.1) is 0 Å². The molecule has 368 valence electrons. The molecule has 68 heavy (non-hydrogen) atoms. The van der Waals surface area contributed by atoms with Crippen LogP contribution in [0, 0.1) is 51.2 Å². The highest BCUT2D eigenvalue weighted by Crippen LogP contribution is 2.40. The summed E-state index contributed by atoms with van der Waals surface area (Å²) in [6.45, 7) is 24.5. The Morgan fingerprint density at radius 2 is 1.10 bits per heavy atom. The van der Waals surface area contributed by atoms with Crippen molar-refractivity contribution in [2.24, 2.45) is 17.6 Å². The summed E-state index contributed by atoms with van der Waals surface area (Å²) >= 11 is 0. The van der Waals surface area contributed by atoms with Crippen LogP contribution in [-0.4, -0.2) is 102 Å². The largest absolute Gasteiger partial charge is 0.381 e. The number of nitrogens with one attached hydrogen (secondary N) is 1. The number of hydrogen-bond acceptors (Lipinski definition) is 14. The monoisotopic (exact) mass is 939 g/mol. The topological polar surface area (TPSA) is 167 Å². The molecular formula is C52H72F2N10O4. The van der Waals surface area contributed by atoms with Crippen molar-refractivity contribution in [3.63, 3.8) is 0 Å². The van der Waals surface area contributed by atoms with Crippen LogP contribution in [0.3, 0.4) is 0 Å². The van der Waals surface area contributed by atoms with Crippen LogP contribution < -0.4 is 20.9 Å².